The maximum Gasteiger partial charge on any atom is 0.303 e. The van der Waals surface area contributed by atoms with Crippen LogP contribution < -0.4 is 0 Å². The van der Waals surface area contributed by atoms with Crippen molar-refractivity contribution in [2.75, 3.05) is 0 Å². The highest BCUT2D eigenvalue weighted by atomic mass is 16.4. The Morgan fingerprint density at radius 3 is 1.50 bits per heavy atom. The second-order valence-corrected chi connectivity index (χ2v) is 5.01. The van der Waals surface area contributed by atoms with Gasteiger partial charge in [0.1, 0.15) is 0 Å². The molecule has 0 amide bonds. The number of rotatable bonds is 14. The average molecular weight is 334 g/mol. The van der Waals surface area contributed by atoms with Gasteiger partial charge in [0, 0.05) is 13.3 Å². The van der Waals surface area contributed by atoms with Crippen molar-refractivity contribution < 1.29 is 16.8 Å². The quantitative estimate of drug-likeness (QED) is 0.366. The molecule has 0 aromatic rings. The first-order valence-electron chi connectivity index (χ1n) is 10.8. The zero-order chi connectivity index (χ0) is 22.0. The van der Waals surface area contributed by atoms with Gasteiger partial charge in [0.15, 0.2) is 0 Å². The Morgan fingerprint density at radius 2 is 1.12 bits per heavy atom. The molecule has 0 aliphatic rings. The molecule has 0 aliphatic heterocycles. The zero-order valence-corrected chi connectivity index (χ0v) is 14.2. The van der Waals surface area contributed by atoms with Crippen LogP contribution in [-0.4, -0.2) is 11.1 Å². The molecule has 0 heterocycles. The number of aliphatic carboxylic acids is 1. The van der Waals surface area contributed by atoms with E-state index in [0.29, 0.717) is 12.8 Å². The lowest BCUT2D eigenvalue weighted by Crippen LogP contribution is -1.91. The number of carboxylic acid groups (broad SMARTS) is 1. The van der Waals surface area contributed by atoms with Crippen molar-refractivity contribution in [2.24, 2.45) is 0 Å². The summed E-state index contributed by atoms with van der Waals surface area (Å²) < 4.78 is 36.2. The van der Waals surface area contributed by atoms with Crippen molar-refractivity contribution >= 4 is 5.97 Å². The van der Waals surface area contributed by atoms with Crippen molar-refractivity contribution in [2.45, 2.75) is 58.2 Å². The first-order chi connectivity index (χ1) is 13.7. The molecule has 0 rings (SSSR count). The summed E-state index contributed by atoms with van der Waals surface area (Å²) in [5, 5.41) is 8.50. The Balaban J connectivity index is 3.77. The SMILES string of the molecule is [2H]C([2H])([2H])C([2H])([2H])/C=C\C/C=C\C/C=C\C/C=C\C/C=C\C/C=C\CCC(=O)O. The predicted molar refractivity (Wildman–Crippen MR) is 105 cm³/mol. The van der Waals surface area contributed by atoms with Crippen LogP contribution in [0.15, 0.2) is 72.9 Å². The van der Waals surface area contributed by atoms with Crippen LogP contribution in [0.5, 0.6) is 0 Å². The normalized spacial score (nSPS) is 17.2. The minimum atomic E-state index is -2.64. The minimum Gasteiger partial charge on any atom is -0.481 e. The summed E-state index contributed by atoms with van der Waals surface area (Å²) in [4.78, 5) is 10.3. The molecule has 0 radical (unpaired) electrons. The average Bonchev–Trinajstić information content (AvgIpc) is 2.62. The van der Waals surface area contributed by atoms with Crippen LogP contribution in [-0.2, 0) is 4.79 Å². The fourth-order valence-electron chi connectivity index (χ4n) is 1.71. The standard InChI is InChI=1S/C22H32O2/c1-2-3-4-5-6-7-8-9-10-11-12-13-14-15-16-17-18-19-20-21-22(23)24/h3-4,6-7,9-10,12-13,15-16,18-19H,2,5,8,11,14,17,20-21H2,1H3,(H,23,24)/b4-3-,7-6-,10-9-,13-12-,16-15-,19-18-/i1D3,2D2. The van der Waals surface area contributed by atoms with Gasteiger partial charge in [-0.2, -0.15) is 0 Å². The molecule has 0 saturated carbocycles. The third kappa shape index (κ3) is 19.9. The molecule has 132 valence electrons. The number of allylic oxidation sites excluding steroid dienone is 12. The summed E-state index contributed by atoms with van der Waals surface area (Å²) in [5.74, 6) is -0.772. The zero-order valence-electron chi connectivity index (χ0n) is 19.2. The van der Waals surface area contributed by atoms with Gasteiger partial charge >= 0.3 is 5.97 Å². The molecular formula is C22H32O2. The molecule has 1 N–H and O–H groups in total. The Labute approximate surface area is 154 Å². The van der Waals surface area contributed by atoms with E-state index in [2.05, 4.69) is 30.4 Å². The summed E-state index contributed by atoms with van der Waals surface area (Å²) >= 11 is 0. The highest BCUT2D eigenvalue weighted by molar-refractivity contribution is 5.66. The van der Waals surface area contributed by atoms with E-state index in [0.717, 1.165) is 31.8 Å². The van der Waals surface area contributed by atoms with E-state index in [1.165, 1.54) is 6.08 Å². The van der Waals surface area contributed by atoms with Crippen LogP contribution in [0, 0.1) is 0 Å². The van der Waals surface area contributed by atoms with Gasteiger partial charge in [-0.05, 0) is 44.9 Å². The first-order valence-corrected chi connectivity index (χ1v) is 8.31. The molecule has 24 heavy (non-hydrogen) atoms. The summed E-state index contributed by atoms with van der Waals surface area (Å²) in [5.41, 5.74) is 0. The molecule has 0 aromatic carbocycles. The molecule has 0 atom stereocenters. The van der Waals surface area contributed by atoms with E-state index in [1.807, 2.05) is 30.4 Å². The van der Waals surface area contributed by atoms with Gasteiger partial charge in [0.2, 0.25) is 0 Å². The van der Waals surface area contributed by atoms with E-state index in [9.17, 15) is 4.79 Å². The Hall–Kier alpha value is -2.09. The lowest BCUT2D eigenvalue weighted by molar-refractivity contribution is -0.136. The van der Waals surface area contributed by atoms with Crippen molar-refractivity contribution in [3.63, 3.8) is 0 Å². The Bertz CT molecular complexity index is 624. The van der Waals surface area contributed by atoms with E-state index in [1.54, 1.807) is 0 Å². The molecule has 2 nitrogen and oxygen atoms in total. The second kappa shape index (κ2) is 19.0. The van der Waals surface area contributed by atoms with Gasteiger partial charge in [0.05, 0.1) is 0 Å². The fraction of sp³-hybridized carbons (Fsp3) is 0.409. The van der Waals surface area contributed by atoms with Crippen LogP contribution in [0.25, 0.3) is 0 Å². The molecule has 0 aromatic heterocycles. The molecule has 0 saturated heterocycles. The van der Waals surface area contributed by atoms with E-state index in [-0.39, 0.29) is 6.42 Å². The van der Waals surface area contributed by atoms with Gasteiger partial charge in [-0.15, -0.1) is 0 Å². The molecule has 0 unspecified atom stereocenters. The predicted octanol–water partition coefficient (Wildman–Crippen LogP) is 6.55. The van der Waals surface area contributed by atoms with Crippen molar-refractivity contribution in [3.05, 3.63) is 72.9 Å². The summed E-state index contributed by atoms with van der Waals surface area (Å²) in [6.45, 7) is -2.64. The minimum absolute atomic E-state index is 0.175. The van der Waals surface area contributed by atoms with Crippen LogP contribution >= 0.6 is 0 Å². The summed E-state index contributed by atoms with van der Waals surface area (Å²) in [7, 11) is 0. The third-order valence-corrected chi connectivity index (χ3v) is 2.92. The highest BCUT2D eigenvalue weighted by Crippen LogP contribution is 1.97. The molecule has 0 fully saturated rings. The smallest absolute Gasteiger partial charge is 0.303 e. The van der Waals surface area contributed by atoms with Crippen molar-refractivity contribution in [1.82, 2.24) is 0 Å². The van der Waals surface area contributed by atoms with Gasteiger partial charge < -0.3 is 5.11 Å². The van der Waals surface area contributed by atoms with Gasteiger partial charge in [-0.3, -0.25) is 4.79 Å². The van der Waals surface area contributed by atoms with Gasteiger partial charge in [-0.25, -0.2) is 0 Å². The molecule has 2 heteroatoms. The van der Waals surface area contributed by atoms with Gasteiger partial charge in [0.25, 0.3) is 0 Å². The van der Waals surface area contributed by atoms with Crippen LogP contribution in [0.3, 0.4) is 0 Å². The molecule has 0 aliphatic carbocycles. The van der Waals surface area contributed by atoms with Crippen molar-refractivity contribution in [1.29, 1.82) is 0 Å². The Morgan fingerprint density at radius 1 is 0.750 bits per heavy atom. The molecule has 0 bridgehead atoms. The van der Waals surface area contributed by atoms with Crippen molar-refractivity contribution in [3.8, 4) is 0 Å². The number of carbonyl (C=O) groups is 1. The highest BCUT2D eigenvalue weighted by Gasteiger charge is 1.90. The Kier molecular flexibility index (Phi) is 11.3. The molecular weight excluding hydrogens is 296 g/mol. The first kappa shape index (κ1) is 14.3. The maximum absolute atomic E-state index is 10.3. The third-order valence-electron chi connectivity index (χ3n) is 2.92. The monoisotopic (exact) mass is 333 g/mol. The van der Waals surface area contributed by atoms with Crippen LogP contribution in [0.1, 0.15) is 65.0 Å². The largest absolute Gasteiger partial charge is 0.481 e. The summed E-state index contributed by atoms with van der Waals surface area (Å²) in [6, 6.07) is 0. The van der Waals surface area contributed by atoms with Crippen LogP contribution in [0.2, 0.25) is 0 Å². The van der Waals surface area contributed by atoms with E-state index in [4.69, 9.17) is 12.0 Å². The summed E-state index contributed by atoms with van der Waals surface area (Å²) in [6.07, 6.45) is 25.1. The molecule has 0 spiro atoms. The lowest BCUT2D eigenvalue weighted by atomic mass is 10.2. The van der Waals surface area contributed by atoms with Crippen LogP contribution in [0.4, 0.5) is 0 Å². The number of hydrogen-bond acceptors (Lipinski definition) is 1. The van der Waals surface area contributed by atoms with Gasteiger partial charge in [-0.1, -0.05) is 79.8 Å². The number of hydrogen-bond donors (Lipinski definition) is 1. The maximum atomic E-state index is 10.3. The fourth-order valence-corrected chi connectivity index (χ4v) is 1.71. The second-order valence-electron chi connectivity index (χ2n) is 5.01. The topological polar surface area (TPSA) is 37.3 Å². The number of carboxylic acids is 1. The van der Waals surface area contributed by atoms with E-state index >= 15 is 0 Å². The van der Waals surface area contributed by atoms with E-state index < -0.39 is 19.2 Å². The lowest BCUT2D eigenvalue weighted by Gasteiger charge is -1.87.